The fourth-order valence-corrected chi connectivity index (χ4v) is 10.4. The Kier molecular flexibility index (Phi) is 5.42. The highest BCUT2D eigenvalue weighted by Crippen LogP contribution is 2.74. The molecule has 8 nitrogen and oxygen atoms in total. The minimum atomic E-state index is -2.11. The summed E-state index contributed by atoms with van der Waals surface area (Å²) in [6.07, 6.45) is 4.60. The molecule has 0 radical (unpaired) electrons. The van der Waals surface area contributed by atoms with Crippen molar-refractivity contribution >= 4 is 5.78 Å². The summed E-state index contributed by atoms with van der Waals surface area (Å²) >= 11 is 0. The van der Waals surface area contributed by atoms with Gasteiger partial charge in [0.1, 0.15) is 29.5 Å². The van der Waals surface area contributed by atoms with E-state index in [1.165, 1.54) is 0 Å². The number of hydrogen-bond acceptors (Lipinski definition) is 8. The molecule has 38 heavy (non-hydrogen) atoms. The number of aliphatic hydroxyl groups is 3. The van der Waals surface area contributed by atoms with Gasteiger partial charge in [-0.05, 0) is 43.1 Å². The summed E-state index contributed by atoms with van der Waals surface area (Å²) in [5.74, 6) is -3.48. The van der Waals surface area contributed by atoms with Gasteiger partial charge in [0.15, 0.2) is 11.4 Å². The molecule has 1 unspecified atom stereocenters. The molecule has 4 aliphatic heterocycles. The largest absolute Gasteiger partial charge is 0.393 e. The lowest BCUT2D eigenvalue weighted by Gasteiger charge is -2.61. The Balaban J connectivity index is 1.51. The quantitative estimate of drug-likeness (QED) is 0.367. The van der Waals surface area contributed by atoms with E-state index in [2.05, 4.69) is 20.4 Å². The zero-order chi connectivity index (χ0) is 27.0. The van der Waals surface area contributed by atoms with Gasteiger partial charge >= 0.3 is 0 Å². The van der Waals surface area contributed by atoms with E-state index >= 15 is 0 Å². The maximum atomic E-state index is 14.2. The summed E-state index contributed by atoms with van der Waals surface area (Å²) in [6.45, 7) is 12.0. The third kappa shape index (κ3) is 2.74. The number of rotatable bonds is 2. The number of Topliss-reactive ketones (excluding diaryl/α,β-unsaturated/α-hetero) is 1. The van der Waals surface area contributed by atoms with Gasteiger partial charge in [0.05, 0.1) is 12.2 Å². The standard InChI is InChI=1S/C30H44O8/c1-15(2)26-13-17(4)30-20-23(26)36-28(37-26,38-30)12-10-8-6-7-9-11-16(3)19-18(5)22(32)29(34,21(19)30)25(33)27(14-31)24(20)35-27/h16-21,23-25,31,33-34H,1,6-14H2,2-5H3/t16-,17+,18-,19-,20+,21+,23+,24-,25+,26+,27-,28?,29+,30+/m0/s1. The Morgan fingerprint density at radius 2 is 1.76 bits per heavy atom. The van der Waals surface area contributed by atoms with E-state index in [1.54, 1.807) is 0 Å². The Morgan fingerprint density at radius 1 is 1.05 bits per heavy atom. The van der Waals surface area contributed by atoms with E-state index in [0.717, 1.165) is 44.1 Å². The number of aliphatic hydroxyl groups excluding tert-OH is 2. The topological polar surface area (TPSA) is 118 Å². The lowest BCUT2D eigenvalue weighted by molar-refractivity contribution is -0.436. The SMILES string of the molecule is C=C(C)[C@]12C[C@@H](C)[C@@]34OC5(CCCCCCC[C@H](C)[C@H]6[C@H](C)C(=O)[C@@](O)([C@H](O)[C@@]7(CO)O[C@H]7[C@H]3[C@H]1O5)[C@@H]64)O2. The van der Waals surface area contributed by atoms with Crippen LogP contribution in [0.5, 0.6) is 0 Å². The van der Waals surface area contributed by atoms with E-state index in [4.69, 9.17) is 18.9 Å². The van der Waals surface area contributed by atoms with Gasteiger partial charge in [-0.1, -0.05) is 59.5 Å². The maximum Gasteiger partial charge on any atom is 0.284 e. The van der Waals surface area contributed by atoms with E-state index in [1.807, 2.05) is 13.8 Å². The molecule has 3 saturated carbocycles. The van der Waals surface area contributed by atoms with Crippen molar-refractivity contribution in [3.8, 4) is 0 Å². The molecule has 4 heterocycles. The molecule has 14 atom stereocenters. The van der Waals surface area contributed by atoms with Gasteiger partial charge < -0.3 is 34.3 Å². The molecule has 3 bridgehead atoms. The van der Waals surface area contributed by atoms with Gasteiger partial charge in [-0.3, -0.25) is 4.79 Å². The number of carbonyl (C=O) groups is 1. The van der Waals surface area contributed by atoms with E-state index in [-0.39, 0.29) is 23.5 Å². The first kappa shape index (κ1) is 26.1. The summed E-state index contributed by atoms with van der Waals surface area (Å²) < 4.78 is 27.2. The second kappa shape index (κ2) is 7.90. The number of ether oxygens (including phenoxy) is 4. The molecule has 0 aromatic heterocycles. The molecule has 0 aromatic carbocycles. The zero-order valence-electron chi connectivity index (χ0n) is 23.2. The van der Waals surface area contributed by atoms with Crippen molar-refractivity contribution in [2.75, 3.05) is 6.61 Å². The van der Waals surface area contributed by atoms with Crippen LogP contribution < -0.4 is 0 Å². The first-order valence-corrected chi connectivity index (χ1v) is 14.9. The highest BCUT2D eigenvalue weighted by Gasteiger charge is 2.89. The minimum Gasteiger partial charge on any atom is -0.393 e. The molecule has 3 aliphatic carbocycles. The van der Waals surface area contributed by atoms with Crippen molar-refractivity contribution in [3.63, 3.8) is 0 Å². The molecule has 4 saturated heterocycles. The van der Waals surface area contributed by atoms with Gasteiger partial charge in [-0.2, -0.15) is 0 Å². The van der Waals surface area contributed by atoms with Gasteiger partial charge in [0.25, 0.3) is 5.97 Å². The third-order valence-electron chi connectivity index (χ3n) is 12.1. The molecule has 8 heteroatoms. The first-order valence-electron chi connectivity index (χ1n) is 14.9. The minimum absolute atomic E-state index is 0.136. The molecule has 0 amide bonds. The lowest BCUT2D eigenvalue weighted by atomic mass is 9.52. The average Bonchev–Trinajstić information content (AvgIpc) is 3.52. The number of carbonyl (C=O) groups excluding carboxylic acids is 1. The average molecular weight is 533 g/mol. The third-order valence-corrected chi connectivity index (χ3v) is 12.1. The van der Waals surface area contributed by atoms with Crippen LogP contribution in [0.15, 0.2) is 12.2 Å². The van der Waals surface area contributed by atoms with Crippen molar-refractivity contribution in [2.45, 2.75) is 126 Å². The monoisotopic (exact) mass is 532 g/mol. The second-order valence-corrected chi connectivity index (χ2v) is 14.0. The highest BCUT2D eigenvalue weighted by molar-refractivity contribution is 5.93. The first-order chi connectivity index (χ1) is 18.0. The predicted molar refractivity (Wildman–Crippen MR) is 136 cm³/mol. The maximum absolute atomic E-state index is 14.2. The molecular formula is C30H44O8. The van der Waals surface area contributed by atoms with Crippen LogP contribution in [0.2, 0.25) is 0 Å². The zero-order valence-corrected chi connectivity index (χ0v) is 23.2. The molecule has 3 N–H and O–H groups in total. The van der Waals surface area contributed by atoms with Crippen molar-refractivity contribution in [2.24, 2.45) is 35.5 Å². The summed E-state index contributed by atoms with van der Waals surface area (Å²) in [5, 5.41) is 35.2. The van der Waals surface area contributed by atoms with Crippen LogP contribution in [0.3, 0.4) is 0 Å². The van der Waals surface area contributed by atoms with Crippen LogP contribution in [0.1, 0.15) is 79.1 Å². The van der Waals surface area contributed by atoms with Crippen LogP contribution in [-0.2, 0) is 23.7 Å². The van der Waals surface area contributed by atoms with Crippen LogP contribution in [0, 0.1) is 35.5 Å². The van der Waals surface area contributed by atoms with E-state index < -0.39 is 71.0 Å². The number of hydrogen-bond donors (Lipinski definition) is 3. The number of fused-ring (bicyclic) bond motifs is 1. The van der Waals surface area contributed by atoms with Gasteiger partial charge in [0, 0.05) is 24.2 Å². The molecule has 212 valence electrons. The molecule has 7 fully saturated rings. The van der Waals surface area contributed by atoms with Crippen LogP contribution in [0.25, 0.3) is 0 Å². The van der Waals surface area contributed by atoms with E-state index in [0.29, 0.717) is 12.8 Å². The predicted octanol–water partition coefficient (Wildman–Crippen LogP) is 2.86. The number of ketones is 1. The smallest absolute Gasteiger partial charge is 0.284 e. The lowest BCUT2D eigenvalue weighted by Crippen LogP contribution is -2.73. The Bertz CT molecular complexity index is 1060. The van der Waals surface area contributed by atoms with Gasteiger partial charge in [-0.25, -0.2) is 0 Å². The van der Waals surface area contributed by atoms with Crippen LogP contribution in [-0.4, -0.2) is 74.4 Å². The number of epoxide rings is 1. The van der Waals surface area contributed by atoms with Gasteiger partial charge in [-0.15, -0.1) is 0 Å². The summed E-state index contributed by atoms with van der Waals surface area (Å²) in [6, 6.07) is 0. The van der Waals surface area contributed by atoms with Crippen LogP contribution in [0.4, 0.5) is 0 Å². The van der Waals surface area contributed by atoms with Crippen LogP contribution >= 0.6 is 0 Å². The van der Waals surface area contributed by atoms with Gasteiger partial charge in [0.2, 0.25) is 0 Å². The van der Waals surface area contributed by atoms with Crippen molar-refractivity contribution in [1.82, 2.24) is 0 Å². The fraction of sp³-hybridized carbons (Fsp3) is 0.900. The molecule has 2 spiro atoms. The highest BCUT2D eigenvalue weighted by atomic mass is 16.9. The Labute approximate surface area is 225 Å². The van der Waals surface area contributed by atoms with Crippen molar-refractivity contribution < 1.29 is 39.1 Å². The van der Waals surface area contributed by atoms with E-state index in [9.17, 15) is 20.1 Å². The summed E-state index contributed by atoms with van der Waals surface area (Å²) in [5.41, 5.74) is -4.56. The summed E-state index contributed by atoms with van der Waals surface area (Å²) in [7, 11) is 0. The van der Waals surface area contributed by atoms with Crippen molar-refractivity contribution in [1.29, 1.82) is 0 Å². The Morgan fingerprint density at radius 3 is 2.47 bits per heavy atom. The Hall–Kier alpha value is -0.870. The molecular weight excluding hydrogens is 488 g/mol. The molecule has 7 aliphatic rings. The normalized spacial score (nSPS) is 60.8. The fourth-order valence-electron chi connectivity index (χ4n) is 10.4. The molecule has 0 aromatic rings. The molecule has 7 rings (SSSR count). The van der Waals surface area contributed by atoms with Crippen molar-refractivity contribution in [3.05, 3.63) is 12.2 Å². The summed E-state index contributed by atoms with van der Waals surface area (Å²) in [4.78, 5) is 14.2. The second-order valence-electron chi connectivity index (χ2n) is 14.0.